The van der Waals surface area contributed by atoms with E-state index in [-0.39, 0.29) is 17.4 Å². The molecule has 2 amide bonds. The summed E-state index contributed by atoms with van der Waals surface area (Å²) >= 11 is 0. The number of nitrogens with one attached hydrogen (secondary N) is 2. The van der Waals surface area contributed by atoms with Gasteiger partial charge in [-0.3, -0.25) is 9.59 Å². The molecule has 6 nitrogen and oxygen atoms in total. The number of aromatic nitrogens is 2. The van der Waals surface area contributed by atoms with Gasteiger partial charge in [0.25, 0.3) is 11.8 Å². The van der Waals surface area contributed by atoms with Crippen molar-refractivity contribution < 1.29 is 18.4 Å². The van der Waals surface area contributed by atoms with Crippen molar-refractivity contribution in [1.29, 1.82) is 0 Å². The predicted molar refractivity (Wildman–Crippen MR) is 101 cm³/mol. The van der Waals surface area contributed by atoms with E-state index in [0.29, 0.717) is 31.1 Å². The number of fused-ring (bicyclic) bond motifs is 1. The van der Waals surface area contributed by atoms with Gasteiger partial charge in [0.1, 0.15) is 23.0 Å². The molecule has 1 aromatic heterocycles. The maximum Gasteiger partial charge on any atom is 0.291 e. The van der Waals surface area contributed by atoms with Crippen molar-refractivity contribution in [2.45, 2.75) is 46.1 Å². The molecule has 3 rings (SSSR count). The maximum atomic E-state index is 13.9. The lowest BCUT2D eigenvalue weighted by Gasteiger charge is -2.17. The maximum absolute atomic E-state index is 13.9. The van der Waals surface area contributed by atoms with Crippen LogP contribution in [0.25, 0.3) is 0 Å². The number of amides is 2. The number of nitrogens with zero attached hydrogens (tertiary/aromatic N) is 2. The number of rotatable bonds is 6. The molecule has 0 bridgehead atoms. The van der Waals surface area contributed by atoms with Crippen LogP contribution in [0.2, 0.25) is 0 Å². The highest BCUT2D eigenvalue weighted by atomic mass is 19.1. The lowest BCUT2D eigenvalue weighted by atomic mass is 10.1. The van der Waals surface area contributed by atoms with Crippen LogP contribution in [0.5, 0.6) is 0 Å². The SMILES string of the molecule is CC(C)CCNC(=O)c1nc(C(=O)Nc2c(F)cccc2F)n2c1CCCC2. The molecular formula is C20H24F2N4O2. The van der Waals surface area contributed by atoms with Crippen LogP contribution in [-0.4, -0.2) is 27.9 Å². The van der Waals surface area contributed by atoms with Crippen molar-refractivity contribution in [3.63, 3.8) is 0 Å². The third-order valence-corrected chi connectivity index (χ3v) is 4.74. The summed E-state index contributed by atoms with van der Waals surface area (Å²) in [5, 5.41) is 5.09. The minimum Gasteiger partial charge on any atom is -0.351 e. The molecule has 0 aliphatic carbocycles. The summed E-state index contributed by atoms with van der Waals surface area (Å²) in [7, 11) is 0. The Bertz CT molecular complexity index is 872. The van der Waals surface area contributed by atoms with Crippen molar-refractivity contribution in [2.75, 3.05) is 11.9 Å². The van der Waals surface area contributed by atoms with Gasteiger partial charge in [-0.1, -0.05) is 19.9 Å². The second kappa shape index (κ2) is 8.50. The van der Waals surface area contributed by atoms with Gasteiger partial charge in [0, 0.05) is 13.1 Å². The van der Waals surface area contributed by atoms with Crippen molar-refractivity contribution >= 4 is 17.5 Å². The number of para-hydroxylation sites is 1. The molecular weight excluding hydrogens is 366 g/mol. The number of anilines is 1. The van der Waals surface area contributed by atoms with Crippen molar-refractivity contribution in [2.24, 2.45) is 5.92 Å². The van der Waals surface area contributed by atoms with Gasteiger partial charge in [-0.2, -0.15) is 0 Å². The van der Waals surface area contributed by atoms with E-state index in [0.717, 1.165) is 31.4 Å². The molecule has 0 saturated carbocycles. The Morgan fingerprint density at radius 1 is 1.18 bits per heavy atom. The van der Waals surface area contributed by atoms with Gasteiger partial charge in [-0.15, -0.1) is 0 Å². The van der Waals surface area contributed by atoms with Crippen molar-refractivity contribution in [3.8, 4) is 0 Å². The Hall–Kier alpha value is -2.77. The Labute approximate surface area is 162 Å². The molecule has 1 aromatic carbocycles. The summed E-state index contributed by atoms with van der Waals surface area (Å²) < 4.78 is 29.4. The fourth-order valence-corrected chi connectivity index (χ4v) is 3.24. The molecule has 2 N–H and O–H groups in total. The minimum absolute atomic E-state index is 0.00800. The minimum atomic E-state index is -0.870. The zero-order valence-corrected chi connectivity index (χ0v) is 16.0. The zero-order chi connectivity index (χ0) is 20.3. The normalized spacial score (nSPS) is 13.3. The molecule has 0 unspecified atom stereocenters. The number of hydrogen-bond donors (Lipinski definition) is 2. The van der Waals surface area contributed by atoms with Crippen LogP contribution in [-0.2, 0) is 13.0 Å². The molecule has 1 aliphatic rings. The zero-order valence-electron chi connectivity index (χ0n) is 16.0. The van der Waals surface area contributed by atoms with Crippen LogP contribution in [0.15, 0.2) is 18.2 Å². The Balaban J connectivity index is 1.86. The number of imidazole rings is 1. The van der Waals surface area contributed by atoms with Crippen LogP contribution >= 0.6 is 0 Å². The molecule has 2 heterocycles. The molecule has 0 saturated heterocycles. The fraction of sp³-hybridized carbons (Fsp3) is 0.450. The third kappa shape index (κ3) is 4.21. The molecule has 150 valence electrons. The molecule has 0 radical (unpaired) electrons. The van der Waals surface area contributed by atoms with E-state index in [9.17, 15) is 18.4 Å². The highest BCUT2D eigenvalue weighted by molar-refractivity contribution is 6.03. The summed E-state index contributed by atoms with van der Waals surface area (Å²) in [4.78, 5) is 29.5. The number of benzene rings is 1. The monoisotopic (exact) mass is 390 g/mol. The number of halogens is 2. The van der Waals surface area contributed by atoms with E-state index in [2.05, 4.69) is 29.5 Å². The van der Waals surface area contributed by atoms with Gasteiger partial charge in [0.05, 0.1) is 5.69 Å². The first-order valence-corrected chi connectivity index (χ1v) is 9.51. The first-order chi connectivity index (χ1) is 13.4. The van der Waals surface area contributed by atoms with Gasteiger partial charge in [0.2, 0.25) is 0 Å². The van der Waals surface area contributed by atoms with Crippen LogP contribution in [0.1, 0.15) is 59.9 Å². The molecule has 8 heteroatoms. The Morgan fingerprint density at radius 2 is 1.89 bits per heavy atom. The van der Waals surface area contributed by atoms with E-state index < -0.39 is 23.2 Å². The van der Waals surface area contributed by atoms with Gasteiger partial charge < -0.3 is 15.2 Å². The number of carbonyl (C=O) groups excluding carboxylic acids is 2. The average Bonchev–Trinajstić information content (AvgIpc) is 3.04. The summed E-state index contributed by atoms with van der Waals surface area (Å²) in [6.07, 6.45) is 3.19. The number of hydrogen-bond acceptors (Lipinski definition) is 3. The molecule has 0 fully saturated rings. The standard InChI is InChI=1S/C20H24F2N4O2/c1-12(2)9-10-23-19(27)17-15-8-3-4-11-26(15)18(24-17)20(28)25-16-13(21)6-5-7-14(16)22/h5-7,12H,3-4,8-11H2,1-2H3,(H,23,27)(H,25,28). The lowest BCUT2D eigenvalue weighted by molar-refractivity contribution is 0.0946. The Morgan fingerprint density at radius 3 is 2.57 bits per heavy atom. The lowest BCUT2D eigenvalue weighted by Crippen LogP contribution is -2.27. The molecule has 0 atom stereocenters. The molecule has 0 spiro atoms. The second-order valence-electron chi connectivity index (χ2n) is 7.33. The summed E-state index contributed by atoms with van der Waals surface area (Å²) in [6, 6.07) is 3.35. The van der Waals surface area contributed by atoms with Gasteiger partial charge in [-0.05, 0) is 43.7 Å². The van der Waals surface area contributed by atoms with Crippen molar-refractivity contribution in [1.82, 2.24) is 14.9 Å². The smallest absolute Gasteiger partial charge is 0.291 e. The summed E-state index contributed by atoms with van der Waals surface area (Å²) in [5.41, 5.74) is 0.374. The Kier molecular flexibility index (Phi) is 6.06. The highest BCUT2D eigenvalue weighted by Gasteiger charge is 2.28. The predicted octanol–water partition coefficient (Wildman–Crippen LogP) is 3.53. The fourth-order valence-electron chi connectivity index (χ4n) is 3.24. The van der Waals surface area contributed by atoms with Gasteiger partial charge in [0.15, 0.2) is 5.82 Å². The van der Waals surface area contributed by atoms with E-state index >= 15 is 0 Å². The third-order valence-electron chi connectivity index (χ3n) is 4.74. The van der Waals surface area contributed by atoms with E-state index in [1.54, 1.807) is 4.57 Å². The van der Waals surface area contributed by atoms with E-state index in [1.807, 2.05) is 0 Å². The first kappa shape index (κ1) is 20.0. The largest absolute Gasteiger partial charge is 0.351 e. The van der Waals surface area contributed by atoms with Crippen LogP contribution < -0.4 is 10.6 Å². The topological polar surface area (TPSA) is 76.0 Å². The van der Waals surface area contributed by atoms with Crippen LogP contribution in [0.3, 0.4) is 0 Å². The molecule has 2 aromatic rings. The highest BCUT2D eigenvalue weighted by Crippen LogP contribution is 2.23. The van der Waals surface area contributed by atoms with E-state index in [4.69, 9.17) is 0 Å². The van der Waals surface area contributed by atoms with Gasteiger partial charge in [-0.25, -0.2) is 13.8 Å². The van der Waals surface area contributed by atoms with Gasteiger partial charge >= 0.3 is 0 Å². The van der Waals surface area contributed by atoms with Crippen LogP contribution in [0.4, 0.5) is 14.5 Å². The first-order valence-electron chi connectivity index (χ1n) is 9.51. The molecule has 28 heavy (non-hydrogen) atoms. The molecule has 1 aliphatic heterocycles. The number of carbonyl (C=O) groups is 2. The summed E-state index contributed by atoms with van der Waals surface area (Å²) in [5.74, 6) is -2.37. The van der Waals surface area contributed by atoms with Crippen LogP contribution in [0, 0.1) is 17.6 Å². The van der Waals surface area contributed by atoms with E-state index in [1.165, 1.54) is 6.07 Å². The average molecular weight is 390 g/mol. The second-order valence-corrected chi connectivity index (χ2v) is 7.33. The summed E-state index contributed by atoms with van der Waals surface area (Å²) in [6.45, 7) is 5.18. The van der Waals surface area contributed by atoms with Crippen molar-refractivity contribution in [3.05, 3.63) is 47.0 Å². The quantitative estimate of drug-likeness (QED) is 0.792.